The van der Waals surface area contributed by atoms with Crippen LogP contribution in [0.1, 0.15) is 43.5 Å². The van der Waals surface area contributed by atoms with Gasteiger partial charge in [-0.05, 0) is 62.6 Å². The highest BCUT2D eigenvalue weighted by Crippen LogP contribution is 2.24. The molecule has 1 heterocycles. The number of hydrogen-bond donors (Lipinski definition) is 2. The van der Waals surface area contributed by atoms with Gasteiger partial charge in [0.05, 0.1) is 15.5 Å². The zero-order chi connectivity index (χ0) is 23.3. The van der Waals surface area contributed by atoms with Crippen LogP contribution in [0, 0.1) is 5.92 Å². The van der Waals surface area contributed by atoms with Gasteiger partial charge in [0, 0.05) is 30.7 Å². The van der Waals surface area contributed by atoms with Gasteiger partial charge in [0.1, 0.15) is 0 Å². The van der Waals surface area contributed by atoms with Crippen molar-refractivity contribution in [2.75, 3.05) is 18.4 Å². The number of benzene rings is 2. The van der Waals surface area contributed by atoms with Crippen molar-refractivity contribution in [2.45, 2.75) is 44.0 Å². The second kappa shape index (κ2) is 10.5. The maximum absolute atomic E-state index is 12.7. The molecular weight excluding hydrogens is 450 g/mol. The van der Waals surface area contributed by atoms with Crippen molar-refractivity contribution in [1.29, 1.82) is 0 Å². The second-order valence-corrected chi connectivity index (χ2v) is 10.1. The van der Waals surface area contributed by atoms with Crippen LogP contribution in [0.15, 0.2) is 53.4 Å². The van der Waals surface area contributed by atoms with E-state index < -0.39 is 10.0 Å². The number of nitrogens with zero attached hydrogens (tertiary/aromatic N) is 1. The number of piperidine rings is 1. The Morgan fingerprint density at radius 1 is 1.09 bits per heavy atom. The fraction of sp³-hybridized carbons (Fsp3) is 0.391. The maximum Gasteiger partial charge on any atom is 0.255 e. The molecular formula is C23H28ClN3O4S. The fourth-order valence-electron chi connectivity index (χ4n) is 3.53. The van der Waals surface area contributed by atoms with Crippen LogP contribution >= 0.6 is 11.6 Å². The third kappa shape index (κ3) is 5.88. The van der Waals surface area contributed by atoms with E-state index in [-0.39, 0.29) is 28.7 Å². The van der Waals surface area contributed by atoms with Gasteiger partial charge >= 0.3 is 0 Å². The Bertz CT molecular complexity index is 1060. The molecule has 0 saturated carbocycles. The lowest BCUT2D eigenvalue weighted by molar-refractivity contribution is -0.121. The standard InChI is InChI=1S/C23H28ClN3O4S/c1-3-16(2)26-32(30,31)19-10-8-18(9-11-19)25-22(28)17-12-14-27(15-13-17)23(29)20-6-4-5-7-21(20)24/h4-11,16-17,26H,3,12-15H2,1-2H3,(H,25,28). The van der Waals surface area contributed by atoms with E-state index in [4.69, 9.17) is 11.6 Å². The highest BCUT2D eigenvalue weighted by Gasteiger charge is 2.28. The summed E-state index contributed by atoms with van der Waals surface area (Å²) in [5, 5.41) is 3.27. The van der Waals surface area contributed by atoms with Crippen molar-refractivity contribution in [3.63, 3.8) is 0 Å². The van der Waals surface area contributed by atoms with E-state index in [1.807, 2.05) is 6.92 Å². The molecule has 2 aromatic rings. The minimum Gasteiger partial charge on any atom is -0.339 e. The first kappa shape index (κ1) is 24.2. The van der Waals surface area contributed by atoms with Gasteiger partial charge in [0.25, 0.3) is 5.91 Å². The van der Waals surface area contributed by atoms with Gasteiger partial charge in [-0.2, -0.15) is 0 Å². The molecule has 7 nitrogen and oxygen atoms in total. The molecule has 3 rings (SSSR count). The molecule has 0 aliphatic carbocycles. The van der Waals surface area contributed by atoms with Gasteiger partial charge < -0.3 is 10.2 Å². The van der Waals surface area contributed by atoms with Gasteiger partial charge in [-0.1, -0.05) is 30.7 Å². The Balaban J connectivity index is 1.55. The zero-order valence-electron chi connectivity index (χ0n) is 18.2. The second-order valence-electron chi connectivity index (χ2n) is 7.99. The summed E-state index contributed by atoms with van der Waals surface area (Å²) < 4.78 is 27.3. The molecule has 1 saturated heterocycles. The molecule has 1 unspecified atom stereocenters. The van der Waals surface area contributed by atoms with E-state index in [0.29, 0.717) is 48.6 Å². The number of nitrogens with one attached hydrogen (secondary N) is 2. The van der Waals surface area contributed by atoms with Gasteiger partial charge in [0.2, 0.25) is 15.9 Å². The van der Waals surface area contributed by atoms with Crippen molar-refractivity contribution in [1.82, 2.24) is 9.62 Å². The summed E-state index contributed by atoms with van der Waals surface area (Å²) in [7, 11) is -3.59. The first-order valence-electron chi connectivity index (χ1n) is 10.7. The van der Waals surface area contributed by atoms with Gasteiger partial charge in [-0.15, -0.1) is 0 Å². The Morgan fingerprint density at radius 2 is 1.72 bits per heavy atom. The summed E-state index contributed by atoms with van der Waals surface area (Å²) in [6.45, 7) is 4.66. The summed E-state index contributed by atoms with van der Waals surface area (Å²) in [6.07, 6.45) is 1.79. The smallest absolute Gasteiger partial charge is 0.255 e. The highest BCUT2D eigenvalue weighted by molar-refractivity contribution is 7.89. The number of likely N-dealkylation sites (tertiary alicyclic amines) is 1. The quantitative estimate of drug-likeness (QED) is 0.632. The Kier molecular flexibility index (Phi) is 7.92. The van der Waals surface area contributed by atoms with Crippen LogP contribution in [0.5, 0.6) is 0 Å². The molecule has 172 valence electrons. The van der Waals surface area contributed by atoms with Crippen molar-refractivity contribution in [3.05, 3.63) is 59.1 Å². The number of carbonyl (C=O) groups is 2. The van der Waals surface area contributed by atoms with E-state index >= 15 is 0 Å². The average Bonchev–Trinajstić information content (AvgIpc) is 2.79. The van der Waals surface area contributed by atoms with E-state index in [1.165, 1.54) is 12.1 Å². The molecule has 1 atom stereocenters. The predicted octanol–water partition coefficient (Wildman–Crippen LogP) is 3.91. The maximum atomic E-state index is 12.7. The third-order valence-electron chi connectivity index (χ3n) is 5.66. The van der Waals surface area contributed by atoms with E-state index in [2.05, 4.69) is 10.0 Å². The van der Waals surface area contributed by atoms with Crippen LogP contribution in [-0.2, 0) is 14.8 Å². The fourth-order valence-corrected chi connectivity index (χ4v) is 5.07. The summed E-state index contributed by atoms with van der Waals surface area (Å²) in [6, 6.07) is 12.9. The zero-order valence-corrected chi connectivity index (χ0v) is 19.7. The van der Waals surface area contributed by atoms with Gasteiger partial charge in [0.15, 0.2) is 0 Å². The van der Waals surface area contributed by atoms with Crippen molar-refractivity contribution in [2.24, 2.45) is 5.92 Å². The number of hydrogen-bond acceptors (Lipinski definition) is 4. The van der Waals surface area contributed by atoms with Crippen LogP contribution in [-0.4, -0.2) is 44.3 Å². The highest BCUT2D eigenvalue weighted by atomic mass is 35.5. The minimum atomic E-state index is -3.59. The number of sulfonamides is 1. The predicted molar refractivity (Wildman–Crippen MR) is 125 cm³/mol. The number of halogens is 1. The minimum absolute atomic E-state index is 0.128. The summed E-state index contributed by atoms with van der Waals surface area (Å²) >= 11 is 6.13. The molecule has 9 heteroatoms. The van der Waals surface area contributed by atoms with E-state index in [9.17, 15) is 18.0 Å². The van der Waals surface area contributed by atoms with E-state index in [0.717, 1.165) is 0 Å². The molecule has 0 radical (unpaired) electrons. The molecule has 2 amide bonds. The molecule has 32 heavy (non-hydrogen) atoms. The normalized spacial score (nSPS) is 15.9. The number of amides is 2. The van der Waals surface area contributed by atoms with Crippen molar-refractivity contribution in [3.8, 4) is 0 Å². The van der Waals surface area contributed by atoms with Crippen LogP contribution < -0.4 is 10.0 Å². The molecule has 0 bridgehead atoms. The lowest BCUT2D eigenvalue weighted by atomic mass is 9.95. The summed E-state index contributed by atoms with van der Waals surface area (Å²) in [5.74, 6) is -0.485. The monoisotopic (exact) mass is 477 g/mol. The van der Waals surface area contributed by atoms with Crippen LogP contribution in [0.3, 0.4) is 0 Å². The number of carbonyl (C=O) groups excluding carboxylic acids is 2. The SMILES string of the molecule is CCC(C)NS(=O)(=O)c1ccc(NC(=O)C2CCN(C(=O)c3ccccc3Cl)CC2)cc1. The van der Waals surface area contributed by atoms with Crippen LogP contribution in [0.25, 0.3) is 0 Å². The average molecular weight is 478 g/mol. The van der Waals surface area contributed by atoms with Gasteiger partial charge in [-0.3, -0.25) is 9.59 Å². The van der Waals surface area contributed by atoms with Crippen LogP contribution in [0.2, 0.25) is 5.02 Å². The van der Waals surface area contributed by atoms with Crippen molar-refractivity contribution >= 4 is 39.1 Å². The van der Waals surface area contributed by atoms with E-state index in [1.54, 1.807) is 48.2 Å². The first-order chi connectivity index (χ1) is 15.2. The topological polar surface area (TPSA) is 95.6 Å². The Labute approximate surface area is 194 Å². The van der Waals surface area contributed by atoms with Crippen LogP contribution in [0.4, 0.5) is 5.69 Å². The Morgan fingerprint density at radius 3 is 2.31 bits per heavy atom. The molecule has 0 aromatic heterocycles. The molecule has 1 aliphatic heterocycles. The molecule has 1 aliphatic rings. The molecule has 1 fully saturated rings. The largest absolute Gasteiger partial charge is 0.339 e. The van der Waals surface area contributed by atoms with Gasteiger partial charge in [-0.25, -0.2) is 13.1 Å². The molecule has 0 spiro atoms. The summed E-state index contributed by atoms with van der Waals surface area (Å²) in [5.41, 5.74) is 1.00. The first-order valence-corrected chi connectivity index (χ1v) is 12.5. The lowest BCUT2D eigenvalue weighted by Crippen LogP contribution is -2.41. The Hall–Kier alpha value is -2.42. The molecule has 2 N–H and O–H groups in total. The molecule has 2 aromatic carbocycles. The third-order valence-corrected chi connectivity index (χ3v) is 7.59. The lowest BCUT2D eigenvalue weighted by Gasteiger charge is -2.31. The summed E-state index contributed by atoms with van der Waals surface area (Å²) in [4.78, 5) is 27.2. The van der Waals surface area contributed by atoms with Crippen molar-refractivity contribution < 1.29 is 18.0 Å². The number of rotatable bonds is 7. The number of anilines is 1.